The van der Waals surface area contributed by atoms with Crippen molar-refractivity contribution in [3.05, 3.63) is 88.7 Å². The van der Waals surface area contributed by atoms with Gasteiger partial charge in [0.25, 0.3) is 5.91 Å². The van der Waals surface area contributed by atoms with Gasteiger partial charge >= 0.3 is 5.97 Å². The number of anilines is 1. The number of nitriles is 1. The minimum atomic E-state index is -1.07. The number of benzene rings is 3. The van der Waals surface area contributed by atoms with E-state index in [9.17, 15) is 18.8 Å². The van der Waals surface area contributed by atoms with Crippen molar-refractivity contribution >= 4 is 35.2 Å². The first-order valence-electron chi connectivity index (χ1n) is 13.0. The summed E-state index contributed by atoms with van der Waals surface area (Å²) in [5.41, 5.74) is 8.28. The van der Waals surface area contributed by atoms with E-state index in [4.69, 9.17) is 20.8 Å². The zero-order valence-corrected chi connectivity index (χ0v) is 22.8. The number of carboxylic acid groups (broad SMARTS) is 1. The largest absolute Gasteiger partial charge is 0.489 e. The molecule has 1 fully saturated rings. The molecular weight excluding hydrogens is 547 g/mol. The molecule has 2 aliphatic rings. The Bertz CT molecular complexity index is 1530. The number of halogens is 1. The van der Waals surface area contributed by atoms with E-state index in [1.54, 1.807) is 42.1 Å². The molecule has 0 saturated carbocycles. The van der Waals surface area contributed by atoms with E-state index in [0.29, 0.717) is 46.5 Å². The van der Waals surface area contributed by atoms with E-state index in [0.717, 1.165) is 10.5 Å². The van der Waals surface area contributed by atoms with Crippen LogP contribution in [0, 0.1) is 17.1 Å². The molecule has 1 atom stereocenters. The number of thioether (sulfide) groups is 1. The highest BCUT2D eigenvalue weighted by Gasteiger charge is 2.37. The first kappa shape index (κ1) is 28.0. The van der Waals surface area contributed by atoms with Crippen LogP contribution < -0.4 is 15.4 Å². The summed E-state index contributed by atoms with van der Waals surface area (Å²) in [6, 6.07) is 18.5. The fraction of sp³-hybridized carbons (Fsp3) is 0.267. The Morgan fingerprint density at radius 1 is 1.17 bits per heavy atom. The van der Waals surface area contributed by atoms with Crippen molar-refractivity contribution in [1.82, 2.24) is 4.90 Å². The summed E-state index contributed by atoms with van der Waals surface area (Å²) in [7, 11) is 0. The third-order valence-electron chi connectivity index (χ3n) is 7.18. The predicted octanol–water partition coefficient (Wildman–Crippen LogP) is 3.93. The van der Waals surface area contributed by atoms with Crippen molar-refractivity contribution in [3.8, 4) is 11.8 Å². The lowest BCUT2D eigenvalue weighted by atomic mass is 10.1. The van der Waals surface area contributed by atoms with Gasteiger partial charge in [-0.3, -0.25) is 14.4 Å². The smallest absolute Gasteiger partial charge is 0.303 e. The average Bonchev–Trinajstić information content (AvgIpc) is 3.26. The second-order valence-corrected chi connectivity index (χ2v) is 11.3. The average molecular weight is 575 g/mol. The molecule has 1 saturated heterocycles. The second kappa shape index (κ2) is 11.9. The van der Waals surface area contributed by atoms with E-state index in [2.05, 4.69) is 0 Å². The molecule has 2 aliphatic heterocycles. The Hall–Kier alpha value is -4.56. The van der Waals surface area contributed by atoms with Crippen LogP contribution in [0.1, 0.15) is 39.9 Å². The van der Waals surface area contributed by atoms with Crippen LogP contribution in [0.25, 0.3) is 0 Å². The second-order valence-electron chi connectivity index (χ2n) is 9.92. The number of ether oxygens (including phenoxy) is 1. The van der Waals surface area contributed by atoms with Gasteiger partial charge in [0.1, 0.15) is 24.2 Å². The lowest BCUT2D eigenvalue weighted by molar-refractivity contribution is -0.137. The van der Waals surface area contributed by atoms with Crippen LogP contribution in [-0.2, 0) is 22.7 Å². The molecule has 0 unspecified atom stereocenters. The van der Waals surface area contributed by atoms with Crippen LogP contribution in [0.4, 0.5) is 10.1 Å². The highest BCUT2D eigenvalue weighted by atomic mass is 32.2. The number of hydrogen-bond donors (Lipinski definition) is 2. The molecule has 2 heterocycles. The number of carbonyl (C=O) groups excluding carboxylic acids is 2. The third-order valence-corrected chi connectivity index (χ3v) is 8.35. The summed E-state index contributed by atoms with van der Waals surface area (Å²) in [6.45, 7) is 1.79. The van der Waals surface area contributed by atoms with Crippen molar-refractivity contribution in [2.24, 2.45) is 5.73 Å². The maximum Gasteiger partial charge on any atom is 0.303 e. The monoisotopic (exact) mass is 574 g/mol. The molecule has 11 heteroatoms. The van der Waals surface area contributed by atoms with Crippen LogP contribution in [0.5, 0.6) is 5.75 Å². The fourth-order valence-corrected chi connectivity index (χ4v) is 6.17. The summed E-state index contributed by atoms with van der Waals surface area (Å²) in [4.78, 5) is 40.3. The Kier molecular flexibility index (Phi) is 8.12. The van der Waals surface area contributed by atoms with E-state index in [1.165, 1.54) is 11.0 Å². The van der Waals surface area contributed by atoms with E-state index in [-0.39, 0.29) is 37.7 Å². The maximum absolute atomic E-state index is 14.3. The van der Waals surface area contributed by atoms with Crippen LogP contribution in [0.3, 0.4) is 0 Å². The summed E-state index contributed by atoms with van der Waals surface area (Å²) in [5, 5.41) is 18.2. The molecule has 0 spiro atoms. The molecule has 0 aromatic heterocycles. The molecule has 5 rings (SSSR count). The lowest BCUT2D eigenvalue weighted by Crippen LogP contribution is -2.49. The fourth-order valence-electron chi connectivity index (χ4n) is 4.98. The molecule has 0 radical (unpaired) electrons. The highest BCUT2D eigenvalue weighted by Crippen LogP contribution is 2.35. The van der Waals surface area contributed by atoms with Gasteiger partial charge in [-0.05, 0) is 54.4 Å². The number of nitrogens with two attached hydrogens (primary N) is 1. The molecule has 3 aromatic carbocycles. The summed E-state index contributed by atoms with van der Waals surface area (Å²) < 4.78 is 20.3. The van der Waals surface area contributed by atoms with Crippen LogP contribution in [0.15, 0.2) is 65.6 Å². The molecule has 41 heavy (non-hydrogen) atoms. The number of primary amides is 1. The Morgan fingerprint density at radius 3 is 2.59 bits per heavy atom. The molecule has 3 N–H and O–H groups in total. The number of amides is 2. The standard InChI is InChI=1S/C30H27FN4O5S/c31-24-12-19(13-32)6-9-25(24)34-14-21(15-34)41-20-7-4-18(5-8-20)17-40-27-3-1-2-22-23(27)16-35(30(22)39)26(29(33)38)10-11-28(36)37/h1-9,12,21,26H,10-11,14-17H2,(H2,33,38)(H,36,37)/t26-/m0/s1. The summed E-state index contributed by atoms with van der Waals surface area (Å²) in [5.74, 6) is -2.06. The van der Waals surface area contributed by atoms with Gasteiger partial charge in [0.2, 0.25) is 5.91 Å². The van der Waals surface area contributed by atoms with Crippen molar-refractivity contribution in [1.29, 1.82) is 5.26 Å². The van der Waals surface area contributed by atoms with Gasteiger partial charge in [-0.1, -0.05) is 18.2 Å². The Balaban J connectivity index is 1.16. The van der Waals surface area contributed by atoms with Crippen LogP contribution in [0.2, 0.25) is 0 Å². The Labute approximate surface area is 240 Å². The zero-order valence-electron chi connectivity index (χ0n) is 22.0. The first-order chi connectivity index (χ1) is 19.7. The molecular formula is C30H27FN4O5S. The van der Waals surface area contributed by atoms with Gasteiger partial charge in [0.05, 0.1) is 23.9 Å². The minimum Gasteiger partial charge on any atom is -0.489 e. The van der Waals surface area contributed by atoms with Gasteiger partial charge in [0, 0.05) is 40.8 Å². The lowest BCUT2D eigenvalue weighted by Gasteiger charge is -2.40. The van der Waals surface area contributed by atoms with Crippen LogP contribution in [-0.4, -0.2) is 52.2 Å². The topological polar surface area (TPSA) is 137 Å². The summed E-state index contributed by atoms with van der Waals surface area (Å²) >= 11 is 1.72. The molecule has 3 aromatic rings. The molecule has 0 bridgehead atoms. The first-order valence-corrected chi connectivity index (χ1v) is 13.9. The number of carbonyl (C=O) groups is 3. The molecule has 9 nitrogen and oxygen atoms in total. The number of fused-ring (bicyclic) bond motifs is 1. The highest BCUT2D eigenvalue weighted by molar-refractivity contribution is 8.00. The van der Waals surface area contributed by atoms with Gasteiger partial charge in [-0.15, -0.1) is 11.8 Å². The quantitative estimate of drug-likeness (QED) is 0.352. The molecule has 2 amide bonds. The SMILES string of the molecule is N#Cc1ccc(N2CC(Sc3ccc(COc4cccc5c4CN([C@@H](CCC(=O)O)C(N)=O)C5=O)cc3)C2)c(F)c1. The maximum atomic E-state index is 14.3. The minimum absolute atomic E-state index is 0.0594. The van der Waals surface area contributed by atoms with Gasteiger partial charge < -0.3 is 25.4 Å². The number of nitrogens with zero attached hydrogens (tertiary/aromatic N) is 3. The van der Waals surface area contributed by atoms with Crippen molar-refractivity contribution in [2.45, 2.75) is 42.2 Å². The third kappa shape index (κ3) is 6.12. The molecule has 0 aliphatic carbocycles. The predicted molar refractivity (Wildman–Crippen MR) is 150 cm³/mol. The van der Waals surface area contributed by atoms with E-state index >= 15 is 0 Å². The van der Waals surface area contributed by atoms with Gasteiger partial charge in [-0.2, -0.15) is 5.26 Å². The van der Waals surface area contributed by atoms with Crippen molar-refractivity contribution in [2.75, 3.05) is 18.0 Å². The summed E-state index contributed by atoms with van der Waals surface area (Å²) in [6.07, 6.45) is -0.337. The molecule has 210 valence electrons. The number of carboxylic acids is 1. The number of rotatable bonds is 11. The van der Waals surface area contributed by atoms with Gasteiger partial charge in [-0.25, -0.2) is 4.39 Å². The number of aliphatic carboxylic acids is 1. The number of hydrogen-bond acceptors (Lipinski definition) is 7. The van der Waals surface area contributed by atoms with Crippen molar-refractivity contribution < 1.29 is 28.6 Å². The normalized spacial score (nSPS) is 15.2. The van der Waals surface area contributed by atoms with Crippen LogP contribution >= 0.6 is 11.8 Å². The zero-order chi connectivity index (χ0) is 29.1. The van der Waals surface area contributed by atoms with E-state index < -0.39 is 17.9 Å². The van der Waals surface area contributed by atoms with Gasteiger partial charge in [0.15, 0.2) is 0 Å². The Morgan fingerprint density at radius 2 is 1.93 bits per heavy atom. The van der Waals surface area contributed by atoms with Crippen molar-refractivity contribution in [3.63, 3.8) is 0 Å². The van der Waals surface area contributed by atoms with E-state index in [1.807, 2.05) is 35.2 Å².